The van der Waals surface area contributed by atoms with Crippen LogP contribution in [0.2, 0.25) is 0 Å². The molecule has 19 nitrogen and oxygen atoms in total. The van der Waals surface area contributed by atoms with Gasteiger partial charge in [-0.1, -0.05) is 160 Å². The number of phosphoric acid groups is 3. The number of rotatable bonds is 42. The zero-order valence-electron chi connectivity index (χ0n) is 40.0. The Kier molecular flexibility index (Phi) is 35.5. The van der Waals surface area contributed by atoms with Gasteiger partial charge in [-0.25, -0.2) is 13.7 Å². The molecule has 1 rings (SSSR count). The van der Waals surface area contributed by atoms with E-state index in [0.29, 0.717) is 12.8 Å². The van der Waals surface area contributed by atoms with Gasteiger partial charge in [-0.3, -0.25) is 27.7 Å². The summed E-state index contributed by atoms with van der Waals surface area (Å²) in [5, 5.41) is 31.9. The molecule has 8 N–H and O–H groups in total. The molecular formula is C45H85O19P3. The molecule has 1 saturated carbocycles. The van der Waals surface area contributed by atoms with E-state index >= 15 is 0 Å². The molecule has 1 aliphatic rings. The van der Waals surface area contributed by atoms with E-state index in [4.69, 9.17) is 18.5 Å². The van der Waals surface area contributed by atoms with Crippen LogP contribution in [0.5, 0.6) is 0 Å². The Morgan fingerprint density at radius 3 is 1.34 bits per heavy atom. The lowest BCUT2D eigenvalue weighted by molar-refractivity contribution is -0.213. The van der Waals surface area contributed by atoms with E-state index in [0.717, 1.165) is 70.6 Å². The van der Waals surface area contributed by atoms with Gasteiger partial charge in [0.15, 0.2) is 6.10 Å². The highest BCUT2D eigenvalue weighted by Crippen LogP contribution is 2.51. The summed E-state index contributed by atoms with van der Waals surface area (Å²) in [5.41, 5.74) is 0. The zero-order valence-corrected chi connectivity index (χ0v) is 42.7. The van der Waals surface area contributed by atoms with Crippen molar-refractivity contribution in [1.82, 2.24) is 0 Å². The normalized spacial score (nSPS) is 21.8. The number of aliphatic hydroxyl groups is 3. The monoisotopic (exact) mass is 1020 g/mol. The predicted molar refractivity (Wildman–Crippen MR) is 252 cm³/mol. The number of esters is 2. The number of aliphatic hydroxyl groups excluding tert-OH is 3. The Morgan fingerprint density at radius 1 is 0.478 bits per heavy atom. The van der Waals surface area contributed by atoms with E-state index in [1.165, 1.54) is 83.5 Å². The summed E-state index contributed by atoms with van der Waals surface area (Å²) in [7, 11) is -16.6. The maximum absolute atomic E-state index is 13.1. The molecule has 0 spiro atoms. The van der Waals surface area contributed by atoms with Gasteiger partial charge in [0, 0.05) is 12.8 Å². The summed E-state index contributed by atoms with van der Waals surface area (Å²) < 4.78 is 65.5. The van der Waals surface area contributed by atoms with Crippen molar-refractivity contribution in [1.29, 1.82) is 0 Å². The summed E-state index contributed by atoms with van der Waals surface area (Å²) >= 11 is 0. The third-order valence-electron chi connectivity index (χ3n) is 11.3. The van der Waals surface area contributed by atoms with Crippen LogP contribution in [0.1, 0.15) is 194 Å². The van der Waals surface area contributed by atoms with Gasteiger partial charge in [0.1, 0.15) is 43.2 Å². The number of phosphoric ester groups is 3. The highest BCUT2D eigenvalue weighted by Gasteiger charge is 2.56. The second-order valence-corrected chi connectivity index (χ2v) is 21.2. The van der Waals surface area contributed by atoms with Crippen molar-refractivity contribution in [3.8, 4) is 0 Å². The van der Waals surface area contributed by atoms with Crippen LogP contribution >= 0.6 is 23.5 Å². The first-order valence-corrected chi connectivity index (χ1v) is 29.2. The number of hydrogen-bond acceptors (Lipinski definition) is 14. The van der Waals surface area contributed by atoms with Gasteiger partial charge >= 0.3 is 35.4 Å². The SMILES string of the molecule is CCCCCC=CCC=CCCCCCCCC(=O)O[C@H](COC(=O)CCCCCCCCCCCCCCCCC)COP(=O)(O)O[C@H]1C(O)C(O)C(OP(=O)(O)O)[C@@H](OP(=O)(O)O)C1O. The van der Waals surface area contributed by atoms with E-state index in [-0.39, 0.29) is 12.8 Å². The minimum atomic E-state index is -5.60. The van der Waals surface area contributed by atoms with E-state index in [1.807, 2.05) is 0 Å². The highest BCUT2D eigenvalue weighted by atomic mass is 31.2. The minimum Gasteiger partial charge on any atom is -0.462 e. The van der Waals surface area contributed by atoms with E-state index < -0.39 is 91.3 Å². The largest absolute Gasteiger partial charge is 0.472 e. The van der Waals surface area contributed by atoms with Crippen LogP contribution < -0.4 is 0 Å². The van der Waals surface area contributed by atoms with E-state index in [9.17, 15) is 63.1 Å². The number of ether oxygens (including phenoxy) is 2. The van der Waals surface area contributed by atoms with Gasteiger partial charge in [-0.15, -0.1) is 0 Å². The van der Waals surface area contributed by atoms with Crippen LogP contribution in [0.25, 0.3) is 0 Å². The Hall–Kier alpha value is -1.37. The molecule has 5 unspecified atom stereocenters. The van der Waals surface area contributed by atoms with E-state index in [1.54, 1.807) is 0 Å². The summed E-state index contributed by atoms with van der Waals surface area (Å²) in [6, 6.07) is 0. The van der Waals surface area contributed by atoms with Crippen molar-refractivity contribution < 1.29 is 90.6 Å². The van der Waals surface area contributed by atoms with Crippen LogP contribution in [0.3, 0.4) is 0 Å². The molecule has 0 heterocycles. The molecule has 22 heteroatoms. The predicted octanol–water partition coefficient (Wildman–Crippen LogP) is 9.07. The Bertz CT molecular complexity index is 1500. The summed E-state index contributed by atoms with van der Waals surface area (Å²) in [6.07, 6.45) is 20.5. The number of allylic oxidation sites excluding steroid dienone is 4. The lowest BCUT2D eigenvalue weighted by atomic mass is 9.85. The van der Waals surface area contributed by atoms with Crippen LogP contribution in [0, 0.1) is 0 Å². The van der Waals surface area contributed by atoms with Gasteiger partial charge in [0.25, 0.3) is 0 Å². The smallest absolute Gasteiger partial charge is 0.462 e. The fourth-order valence-electron chi connectivity index (χ4n) is 7.55. The van der Waals surface area contributed by atoms with Crippen molar-refractivity contribution in [3.63, 3.8) is 0 Å². The fraction of sp³-hybridized carbons (Fsp3) is 0.867. The van der Waals surface area contributed by atoms with Gasteiger partial charge < -0.3 is 49.3 Å². The third-order valence-corrected chi connectivity index (χ3v) is 13.3. The highest BCUT2D eigenvalue weighted by molar-refractivity contribution is 7.47. The van der Waals surface area contributed by atoms with E-state index in [2.05, 4.69) is 47.2 Å². The standard InChI is InChI=1S/C45H85O19P3/c1-3-5-7-9-11-13-15-17-19-21-23-25-27-29-31-33-38(46)59-35-37(61-39(47)34-32-30-28-26-24-22-20-18-16-14-12-10-8-6-4-2)36-60-67(57,58)64-43-40(48)41(49)44(62-65(51,52)53)45(42(43)50)63-66(54,55)56/h12,14,18,20,37,40-45,48-50H,3-11,13,15-17,19,21-36H2,1-2H3,(H,57,58)(H2,51,52,53)(H2,54,55,56)/t37-,40?,41?,42?,43+,44?,45+/m1/s1. The molecule has 8 atom stereocenters. The van der Waals surface area contributed by atoms with Crippen LogP contribution in [0.4, 0.5) is 0 Å². The van der Waals surface area contributed by atoms with Gasteiger partial charge in [0.2, 0.25) is 0 Å². The Labute approximate surface area is 398 Å². The lowest BCUT2D eigenvalue weighted by Gasteiger charge is -2.44. The molecule has 0 aliphatic heterocycles. The quantitative estimate of drug-likeness (QED) is 0.0122. The summed E-state index contributed by atoms with van der Waals surface area (Å²) in [4.78, 5) is 73.2. The lowest BCUT2D eigenvalue weighted by Crippen LogP contribution is -2.65. The summed E-state index contributed by atoms with van der Waals surface area (Å²) in [6.45, 7) is 2.92. The van der Waals surface area contributed by atoms with Crippen LogP contribution in [0.15, 0.2) is 24.3 Å². The molecular weight excluding hydrogens is 937 g/mol. The average molecular weight is 1020 g/mol. The summed E-state index contributed by atoms with van der Waals surface area (Å²) in [5.74, 6) is -1.31. The second kappa shape index (κ2) is 37.4. The molecule has 394 valence electrons. The third kappa shape index (κ3) is 33.8. The second-order valence-electron chi connectivity index (χ2n) is 17.4. The van der Waals surface area contributed by atoms with Crippen LogP contribution in [-0.2, 0) is 50.9 Å². The molecule has 0 aromatic rings. The molecule has 0 amide bonds. The zero-order chi connectivity index (χ0) is 50.0. The van der Waals surface area contributed by atoms with Gasteiger partial charge in [-0.2, -0.15) is 0 Å². The minimum absolute atomic E-state index is 0.0154. The number of carbonyl (C=O) groups is 2. The number of hydrogen-bond donors (Lipinski definition) is 8. The van der Waals surface area contributed by atoms with Crippen molar-refractivity contribution in [2.75, 3.05) is 13.2 Å². The van der Waals surface area contributed by atoms with Crippen molar-refractivity contribution in [2.45, 2.75) is 236 Å². The fourth-order valence-corrected chi connectivity index (χ4v) is 9.65. The molecule has 0 aromatic carbocycles. The maximum atomic E-state index is 13.1. The first kappa shape index (κ1) is 63.6. The molecule has 67 heavy (non-hydrogen) atoms. The van der Waals surface area contributed by atoms with Crippen molar-refractivity contribution in [2.24, 2.45) is 0 Å². The van der Waals surface area contributed by atoms with Gasteiger partial charge in [-0.05, 0) is 44.9 Å². The first-order valence-electron chi connectivity index (χ1n) is 24.6. The topological polar surface area (TPSA) is 303 Å². The molecule has 0 saturated heterocycles. The maximum Gasteiger partial charge on any atom is 0.472 e. The Morgan fingerprint density at radius 2 is 0.866 bits per heavy atom. The molecule has 0 aromatic heterocycles. The molecule has 1 aliphatic carbocycles. The number of carbonyl (C=O) groups excluding carboxylic acids is 2. The van der Waals surface area contributed by atoms with Crippen molar-refractivity contribution >= 4 is 35.4 Å². The Balaban J connectivity index is 2.72. The molecule has 0 radical (unpaired) electrons. The molecule has 0 bridgehead atoms. The first-order chi connectivity index (χ1) is 31.8. The number of unbranched alkanes of at least 4 members (excludes halogenated alkanes) is 22. The molecule has 1 fully saturated rings. The van der Waals surface area contributed by atoms with Crippen molar-refractivity contribution in [3.05, 3.63) is 24.3 Å². The van der Waals surface area contributed by atoms with Gasteiger partial charge in [0.05, 0.1) is 6.61 Å². The average Bonchev–Trinajstić information content (AvgIpc) is 3.25. The van der Waals surface area contributed by atoms with Crippen LogP contribution in [-0.4, -0.2) is 108 Å².